The zero-order chi connectivity index (χ0) is 13.1. The van der Waals surface area contributed by atoms with E-state index >= 15 is 0 Å². The number of hydrogen-bond acceptors (Lipinski definition) is 2. The monoisotopic (exact) mass is 304 g/mol. The van der Waals surface area contributed by atoms with Crippen LogP contribution >= 0.6 is 15.9 Å². The van der Waals surface area contributed by atoms with Crippen molar-refractivity contribution in [1.29, 1.82) is 0 Å². The van der Waals surface area contributed by atoms with E-state index in [1.54, 1.807) is 13.2 Å². The third-order valence-electron chi connectivity index (χ3n) is 2.65. The van der Waals surface area contributed by atoms with Crippen molar-refractivity contribution in [3.05, 3.63) is 58.2 Å². The van der Waals surface area contributed by atoms with E-state index in [-0.39, 0.29) is 5.91 Å². The van der Waals surface area contributed by atoms with Gasteiger partial charge >= 0.3 is 0 Å². The van der Waals surface area contributed by atoms with Crippen LogP contribution in [0.5, 0.6) is 0 Å². The lowest BCUT2D eigenvalue weighted by molar-refractivity contribution is 0.0992. The van der Waals surface area contributed by atoms with Crippen molar-refractivity contribution in [2.75, 3.05) is 11.9 Å². The molecule has 0 aliphatic heterocycles. The molecule has 0 aliphatic rings. The van der Waals surface area contributed by atoms with Crippen LogP contribution in [0.1, 0.15) is 15.9 Å². The Kier molecular flexibility index (Phi) is 3.77. The number of halogens is 1. The molecule has 0 unspecified atom stereocenters. The third kappa shape index (κ3) is 2.76. The SMILES string of the molecule is Cc1ccc(C(=O)N(C)c2cc(Br)ccn2)cc1. The fourth-order valence-electron chi connectivity index (χ4n) is 1.57. The number of anilines is 1. The van der Waals surface area contributed by atoms with Crippen LogP contribution in [-0.2, 0) is 0 Å². The maximum atomic E-state index is 12.2. The summed E-state index contributed by atoms with van der Waals surface area (Å²) in [6.07, 6.45) is 1.67. The Morgan fingerprint density at radius 2 is 1.89 bits per heavy atom. The first-order valence-electron chi connectivity index (χ1n) is 5.54. The lowest BCUT2D eigenvalue weighted by atomic mass is 10.1. The predicted octanol–water partition coefficient (Wildman–Crippen LogP) is 3.43. The molecule has 0 N–H and O–H groups in total. The quantitative estimate of drug-likeness (QED) is 0.851. The number of hydrogen-bond donors (Lipinski definition) is 0. The van der Waals surface area contributed by atoms with Gasteiger partial charge in [-0.3, -0.25) is 9.69 Å². The fourth-order valence-corrected chi connectivity index (χ4v) is 1.89. The van der Waals surface area contributed by atoms with Gasteiger partial charge in [0.25, 0.3) is 5.91 Å². The summed E-state index contributed by atoms with van der Waals surface area (Å²) in [7, 11) is 1.72. The number of benzene rings is 1. The molecule has 18 heavy (non-hydrogen) atoms. The summed E-state index contributed by atoms with van der Waals surface area (Å²) in [6, 6.07) is 11.1. The molecule has 4 heteroatoms. The van der Waals surface area contributed by atoms with Crippen LogP contribution in [-0.4, -0.2) is 17.9 Å². The Morgan fingerprint density at radius 3 is 2.50 bits per heavy atom. The van der Waals surface area contributed by atoms with Crippen LogP contribution in [0, 0.1) is 6.92 Å². The minimum atomic E-state index is -0.0689. The minimum absolute atomic E-state index is 0.0689. The van der Waals surface area contributed by atoms with Crippen molar-refractivity contribution in [2.24, 2.45) is 0 Å². The molecule has 1 aromatic carbocycles. The van der Waals surface area contributed by atoms with Gasteiger partial charge in [0.1, 0.15) is 5.82 Å². The molecule has 0 radical (unpaired) electrons. The first-order valence-corrected chi connectivity index (χ1v) is 6.33. The van der Waals surface area contributed by atoms with Gasteiger partial charge < -0.3 is 0 Å². The summed E-state index contributed by atoms with van der Waals surface area (Å²) in [6.45, 7) is 1.99. The summed E-state index contributed by atoms with van der Waals surface area (Å²) >= 11 is 3.37. The third-order valence-corrected chi connectivity index (χ3v) is 3.15. The summed E-state index contributed by atoms with van der Waals surface area (Å²) < 4.78 is 0.899. The van der Waals surface area contributed by atoms with Gasteiger partial charge in [0.05, 0.1) is 0 Å². The highest BCUT2D eigenvalue weighted by Crippen LogP contribution is 2.17. The summed E-state index contributed by atoms with van der Waals surface area (Å²) in [5, 5.41) is 0. The molecule has 3 nitrogen and oxygen atoms in total. The second kappa shape index (κ2) is 5.31. The molecule has 0 atom stereocenters. The molecule has 2 aromatic rings. The molecule has 1 amide bonds. The van der Waals surface area contributed by atoms with Crippen molar-refractivity contribution in [2.45, 2.75) is 6.92 Å². The number of carbonyl (C=O) groups is 1. The molecule has 0 aliphatic carbocycles. The van der Waals surface area contributed by atoms with Crippen molar-refractivity contribution in [3.8, 4) is 0 Å². The van der Waals surface area contributed by atoms with E-state index in [9.17, 15) is 4.79 Å². The van der Waals surface area contributed by atoms with Gasteiger partial charge in [-0.25, -0.2) is 4.98 Å². The molecule has 0 saturated heterocycles. The van der Waals surface area contributed by atoms with E-state index in [1.165, 1.54) is 4.90 Å². The largest absolute Gasteiger partial charge is 0.296 e. The minimum Gasteiger partial charge on any atom is -0.296 e. The summed E-state index contributed by atoms with van der Waals surface area (Å²) in [5.74, 6) is 0.551. The molecule has 0 bridgehead atoms. The van der Waals surface area contributed by atoms with E-state index in [0.29, 0.717) is 11.4 Å². The number of nitrogens with zero attached hydrogens (tertiary/aromatic N) is 2. The molecular weight excluding hydrogens is 292 g/mol. The Morgan fingerprint density at radius 1 is 1.22 bits per heavy atom. The zero-order valence-corrected chi connectivity index (χ0v) is 11.8. The number of amides is 1. The molecule has 1 heterocycles. The maximum Gasteiger partial charge on any atom is 0.259 e. The molecule has 0 spiro atoms. The van der Waals surface area contributed by atoms with E-state index in [4.69, 9.17) is 0 Å². The van der Waals surface area contributed by atoms with Crippen LogP contribution in [0.4, 0.5) is 5.82 Å². The van der Waals surface area contributed by atoms with Gasteiger partial charge in [0, 0.05) is 23.3 Å². The zero-order valence-electron chi connectivity index (χ0n) is 10.2. The van der Waals surface area contributed by atoms with E-state index in [0.717, 1.165) is 10.0 Å². The summed E-state index contributed by atoms with van der Waals surface area (Å²) in [4.78, 5) is 18.0. The number of rotatable bonds is 2. The highest BCUT2D eigenvalue weighted by Gasteiger charge is 2.14. The van der Waals surface area contributed by atoms with Crippen LogP contribution in [0.2, 0.25) is 0 Å². The van der Waals surface area contributed by atoms with Crippen molar-refractivity contribution in [1.82, 2.24) is 4.98 Å². The Bertz CT molecular complexity index is 566. The van der Waals surface area contributed by atoms with E-state index < -0.39 is 0 Å². The molecular formula is C14H13BrN2O. The van der Waals surface area contributed by atoms with Gasteiger partial charge in [-0.1, -0.05) is 33.6 Å². The molecule has 0 saturated carbocycles. The molecule has 1 aromatic heterocycles. The smallest absolute Gasteiger partial charge is 0.259 e. The fraction of sp³-hybridized carbons (Fsp3) is 0.143. The topological polar surface area (TPSA) is 33.2 Å². The number of carbonyl (C=O) groups excluding carboxylic acids is 1. The standard InChI is InChI=1S/C14H13BrN2O/c1-10-3-5-11(6-4-10)14(18)17(2)13-9-12(15)7-8-16-13/h3-9H,1-2H3. The first kappa shape index (κ1) is 12.8. The predicted molar refractivity (Wildman–Crippen MR) is 75.8 cm³/mol. The van der Waals surface area contributed by atoms with Crippen molar-refractivity contribution in [3.63, 3.8) is 0 Å². The van der Waals surface area contributed by atoms with Crippen LogP contribution in [0.25, 0.3) is 0 Å². The second-order valence-corrected chi connectivity index (χ2v) is 4.98. The van der Waals surface area contributed by atoms with Gasteiger partial charge in [-0.15, -0.1) is 0 Å². The number of aryl methyl sites for hydroxylation is 1. The lowest BCUT2D eigenvalue weighted by Gasteiger charge is -2.16. The Labute approximate surface area is 115 Å². The number of aromatic nitrogens is 1. The van der Waals surface area contributed by atoms with Crippen molar-refractivity contribution < 1.29 is 4.79 Å². The first-order chi connectivity index (χ1) is 8.58. The molecule has 92 valence electrons. The van der Waals surface area contributed by atoms with Crippen LogP contribution in [0.15, 0.2) is 47.1 Å². The van der Waals surface area contributed by atoms with Gasteiger partial charge in [-0.2, -0.15) is 0 Å². The Balaban J connectivity index is 2.26. The van der Waals surface area contributed by atoms with E-state index in [1.807, 2.05) is 43.3 Å². The Hall–Kier alpha value is -1.68. The van der Waals surface area contributed by atoms with Crippen LogP contribution in [0.3, 0.4) is 0 Å². The van der Waals surface area contributed by atoms with Gasteiger partial charge in [0.15, 0.2) is 0 Å². The number of pyridine rings is 1. The highest BCUT2D eigenvalue weighted by molar-refractivity contribution is 9.10. The second-order valence-electron chi connectivity index (χ2n) is 4.06. The highest BCUT2D eigenvalue weighted by atomic mass is 79.9. The lowest BCUT2D eigenvalue weighted by Crippen LogP contribution is -2.26. The maximum absolute atomic E-state index is 12.2. The van der Waals surface area contributed by atoms with E-state index in [2.05, 4.69) is 20.9 Å². The molecule has 0 fully saturated rings. The summed E-state index contributed by atoms with van der Waals surface area (Å²) in [5.41, 5.74) is 1.79. The van der Waals surface area contributed by atoms with Gasteiger partial charge in [-0.05, 0) is 31.2 Å². The average Bonchev–Trinajstić information content (AvgIpc) is 2.38. The van der Waals surface area contributed by atoms with Crippen LogP contribution < -0.4 is 4.90 Å². The molecule has 2 rings (SSSR count). The average molecular weight is 305 g/mol. The normalized spacial score (nSPS) is 10.2. The van der Waals surface area contributed by atoms with Crippen molar-refractivity contribution >= 4 is 27.7 Å². The van der Waals surface area contributed by atoms with Gasteiger partial charge in [0.2, 0.25) is 0 Å².